The number of ketones is 1. The third-order valence-electron chi connectivity index (χ3n) is 5.98. The number of unbranched alkanes of at least 4 members (excludes halogenated alkanes) is 10. The van der Waals surface area contributed by atoms with Gasteiger partial charge in [0.2, 0.25) is 0 Å². The molecule has 0 bridgehead atoms. The maximum Gasteiger partial charge on any atom is 0.158 e. The van der Waals surface area contributed by atoms with Crippen LogP contribution in [-0.2, 0) is 9.53 Å². The number of rotatable bonds is 22. The zero-order valence-electron chi connectivity index (χ0n) is 20.2. The van der Waals surface area contributed by atoms with Gasteiger partial charge in [0.15, 0.2) is 5.78 Å². The van der Waals surface area contributed by atoms with Gasteiger partial charge in [0.25, 0.3) is 0 Å². The molecule has 0 unspecified atom stereocenters. The Bertz CT molecular complexity index is 354. The van der Waals surface area contributed by atoms with Gasteiger partial charge in [-0.15, -0.1) is 0 Å². The lowest BCUT2D eigenvalue weighted by molar-refractivity contribution is -0.130. The molecule has 0 saturated heterocycles. The van der Waals surface area contributed by atoms with E-state index in [-0.39, 0.29) is 5.60 Å². The first-order valence-corrected chi connectivity index (χ1v) is 13.8. The van der Waals surface area contributed by atoms with Crippen molar-refractivity contribution < 1.29 is 9.53 Å². The zero-order chi connectivity index (χ0) is 21.8. The van der Waals surface area contributed by atoms with E-state index in [1.165, 1.54) is 96.3 Å². The summed E-state index contributed by atoms with van der Waals surface area (Å²) in [4.78, 5) is 12.6. The van der Waals surface area contributed by atoms with Crippen molar-refractivity contribution in [2.24, 2.45) is 5.92 Å². The van der Waals surface area contributed by atoms with Gasteiger partial charge in [-0.25, -0.2) is 0 Å². The number of carbonyl (C=O) groups is 1. The summed E-state index contributed by atoms with van der Waals surface area (Å²) in [5, 5.41) is 1.07. The van der Waals surface area contributed by atoms with Crippen molar-refractivity contribution in [3.05, 3.63) is 0 Å². The van der Waals surface area contributed by atoms with Gasteiger partial charge in [-0.05, 0) is 32.6 Å². The SMILES string of the molecule is CCCCCCCC(CCCCCCC)CC(=O)COC(C)(C)CCCCCBr. The van der Waals surface area contributed by atoms with Crippen molar-refractivity contribution >= 4 is 21.7 Å². The van der Waals surface area contributed by atoms with E-state index in [0.717, 1.165) is 18.2 Å². The van der Waals surface area contributed by atoms with Crippen LogP contribution in [0, 0.1) is 5.92 Å². The van der Waals surface area contributed by atoms with Crippen LogP contribution >= 0.6 is 15.9 Å². The minimum Gasteiger partial charge on any atom is -0.368 e. The fraction of sp³-hybridized carbons (Fsp3) is 0.962. The molecule has 0 aromatic heterocycles. The summed E-state index contributed by atoms with van der Waals surface area (Å²) >= 11 is 3.49. The fourth-order valence-electron chi connectivity index (χ4n) is 3.97. The van der Waals surface area contributed by atoms with Crippen LogP contribution in [0.4, 0.5) is 0 Å². The van der Waals surface area contributed by atoms with Crippen LogP contribution in [0.2, 0.25) is 0 Å². The molecule has 3 heteroatoms. The summed E-state index contributed by atoms with van der Waals surface area (Å²) in [7, 11) is 0. The molecule has 0 heterocycles. The zero-order valence-corrected chi connectivity index (χ0v) is 21.8. The van der Waals surface area contributed by atoms with Gasteiger partial charge in [0, 0.05) is 11.8 Å². The fourth-order valence-corrected chi connectivity index (χ4v) is 4.37. The van der Waals surface area contributed by atoms with E-state index >= 15 is 0 Å². The second kappa shape index (κ2) is 20.0. The molecule has 0 aliphatic rings. The second-order valence-corrected chi connectivity index (χ2v) is 10.4. The molecule has 174 valence electrons. The number of halogens is 1. The Morgan fingerprint density at radius 3 is 1.83 bits per heavy atom. The standard InChI is InChI=1S/C26H51BrO2/c1-5-7-9-11-14-18-24(19-15-12-10-8-6-2)22-25(28)23-29-26(3,4)20-16-13-17-21-27/h24H,5-23H2,1-4H3. The van der Waals surface area contributed by atoms with Gasteiger partial charge in [0.05, 0.1) is 5.60 Å². The third kappa shape index (κ3) is 19.8. The Morgan fingerprint density at radius 2 is 1.31 bits per heavy atom. The van der Waals surface area contributed by atoms with Gasteiger partial charge in [-0.3, -0.25) is 4.79 Å². The molecule has 0 atom stereocenters. The Balaban J connectivity index is 4.25. The van der Waals surface area contributed by atoms with Crippen LogP contribution in [0.15, 0.2) is 0 Å². The van der Waals surface area contributed by atoms with E-state index in [1.807, 2.05) is 0 Å². The average Bonchev–Trinajstić information content (AvgIpc) is 2.69. The highest BCUT2D eigenvalue weighted by atomic mass is 79.9. The van der Waals surface area contributed by atoms with Gasteiger partial charge in [-0.2, -0.15) is 0 Å². The molecule has 0 aliphatic heterocycles. The van der Waals surface area contributed by atoms with Crippen molar-refractivity contribution in [3.8, 4) is 0 Å². The van der Waals surface area contributed by atoms with Crippen molar-refractivity contribution in [3.63, 3.8) is 0 Å². The maximum atomic E-state index is 12.6. The largest absolute Gasteiger partial charge is 0.368 e. The molecular weight excluding hydrogens is 424 g/mol. The van der Waals surface area contributed by atoms with Crippen LogP contribution in [0.5, 0.6) is 0 Å². The summed E-state index contributed by atoms with van der Waals surface area (Å²) in [6.07, 6.45) is 21.0. The topological polar surface area (TPSA) is 26.3 Å². The maximum absolute atomic E-state index is 12.6. The highest BCUT2D eigenvalue weighted by molar-refractivity contribution is 9.09. The first kappa shape index (κ1) is 29.1. The highest BCUT2D eigenvalue weighted by Gasteiger charge is 2.21. The number of hydrogen-bond donors (Lipinski definition) is 0. The lowest BCUT2D eigenvalue weighted by Gasteiger charge is -2.25. The second-order valence-electron chi connectivity index (χ2n) is 9.56. The Morgan fingerprint density at radius 1 is 0.793 bits per heavy atom. The predicted octanol–water partition coefficient (Wildman–Crippen LogP) is 9.03. The smallest absolute Gasteiger partial charge is 0.158 e. The number of hydrogen-bond acceptors (Lipinski definition) is 2. The Labute approximate surface area is 191 Å². The van der Waals surface area contributed by atoms with Crippen LogP contribution in [0.1, 0.15) is 137 Å². The molecule has 0 saturated carbocycles. The molecule has 0 fully saturated rings. The normalized spacial score (nSPS) is 12.1. The molecule has 0 aromatic rings. The van der Waals surface area contributed by atoms with Gasteiger partial charge in [-0.1, -0.05) is 120 Å². The summed E-state index contributed by atoms with van der Waals surface area (Å²) in [6.45, 7) is 9.09. The van der Waals surface area contributed by atoms with Gasteiger partial charge in [0.1, 0.15) is 6.61 Å². The van der Waals surface area contributed by atoms with E-state index < -0.39 is 0 Å². The number of alkyl halides is 1. The first-order valence-electron chi connectivity index (χ1n) is 12.7. The molecule has 29 heavy (non-hydrogen) atoms. The van der Waals surface area contributed by atoms with E-state index in [0.29, 0.717) is 18.3 Å². The van der Waals surface area contributed by atoms with Crippen LogP contribution in [0.25, 0.3) is 0 Å². The molecule has 0 amide bonds. The molecule has 0 N–H and O–H groups in total. The minimum absolute atomic E-state index is 0.183. The predicted molar refractivity (Wildman–Crippen MR) is 132 cm³/mol. The van der Waals surface area contributed by atoms with Crippen LogP contribution in [0.3, 0.4) is 0 Å². The van der Waals surface area contributed by atoms with Crippen molar-refractivity contribution in [2.75, 3.05) is 11.9 Å². The van der Waals surface area contributed by atoms with E-state index in [4.69, 9.17) is 4.74 Å². The summed E-state index contributed by atoms with van der Waals surface area (Å²) in [6, 6.07) is 0. The van der Waals surface area contributed by atoms with E-state index in [1.54, 1.807) is 0 Å². The van der Waals surface area contributed by atoms with E-state index in [2.05, 4.69) is 43.6 Å². The monoisotopic (exact) mass is 474 g/mol. The molecule has 0 radical (unpaired) electrons. The van der Waals surface area contributed by atoms with E-state index in [9.17, 15) is 4.79 Å². The minimum atomic E-state index is -0.183. The Kier molecular flexibility index (Phi) is 20.1. The lowest BCUT2D eigenvalue weighted by Crippen LogP contribution is -2.28. The summed E-state index contributed by atoms with van der Waals surface area (Å²) < 4.78 is 6.03. The van der Waals surface area contributed by atoms with Crippen LogP contribution in [-0.4, -0.2) is 23.3 Å². The van der Waals surface area contributed by atoms with Gasteiger partial charge >= 0.3 is 0 Å². The lowest BCUT2D eigenvalue weighted by atomic mass is 9.90. The molecule has 0 aliphatic carbocycles. The molecular formula is C26H51BrO2. The first-order chi connectivity index (χ1) is 13.9. The number of Topliss-reactive ketones (excluding diaryl/α,β-unsaturated/α-hetero) is 1. The number of ether oxygens (including phenoxy) is 1. The quantitative estimate of drug-likeness (QED) is 0.115. The van der Waals surface area contributed by atoms with Crippen molar-refractivity contribution in [1.82, 2.24) is 0 Å². The molecule has 2 nitrogen and oxygen atoms in total. The molecule has 0 aromatic carbocycles. The summed E-state index contributed by atoms with van der Waals surface area (Å²) in [5.41, 5.74) is -0.183. The van der Waals surface area contributed by atoms with Crippen LogP contribution < -0.4 is 0 Å². The molecule has 0 spiro atoms. The third-order valence-corrected chi connectivity index (χ3v) is 6.55. The van der Waals surface area contributed by atoms with Gasteiger partial charge < -0.3 is 4.74 Å². The highest BCUT2D eigenvalue weighted by Crippen LogP contribution is 2.24. The summed E-state index contributed by atoms with van der Waals surface area (Å²) in [5.74, 6) is 0.877. The Hall–Kier alpha value is 0.110. The average molecular weight is 476 g/mol. The van der Waals surface area contributed by atoms with Crippen molar-refractivity contribution in [2.45, 2.75) is 142 Å². The number of carbonyl (C=O) groups excluding carboxylic acids is 1. The van der Waals surface area contributed by atoms with Crippen molar-refractivity contribution in [1.29, 1.82) is 0 Å². The molecule has 0 rings (SSSR count).